The van der Waals surface area contributed by atoms with Crippen LogP contribution in [0.5, 0.6) is 0 Å². The van der Waals surface area contributed by atoms with E-state index in [2.05, 4.69) is 5.32 Å². The molecule has 3 heteroatoms. The highest BCUT2D eigenvalue weighted by Gasteiger charge is 1.92. The molecule has 0 heterocycles. The van der Waals surface area contributed by atoms with Gasteiger partial charge in [-0.3, -0.25) is 0 Å². The van der Waals surface area contributed by atoms with E-state index >= 15 is 0 Å². The Morgan fingerprint density at radius 2 is 2.25 bits per heavy atom. The van der Waals surface area contributed by atoms with E-state index in [0.717, 1.165) is 11.3 Å². The molecule has 0 bridgehead atoms. The zero-order valence-electron chi connectivity index (χ0n) is 6.76. The number of alkyl halides is 1. The molecule has 0 saturated carbocycles. The molecule has 0 saturated heterocycles. The fourth-order valence-corrected chi connectivity index (χ4v) is 1.13. The van der Waals surface area contributed by atoms with Crippen LogP contribution in [0.25, 0.3) is 0 Å². The van der Waals surface area contributed by atoms with Crippen LogP contribution in [-0.2, 0) is 5.88 Å². The molecule has 0 aliphatic heterocycles. The molecule has 1 aromatic rings. The minimum atomic E-state index is 0.144. The van der Waals surface area contributed by atoms with Crippen LogP contribution in [-0.4, -0.2) is 18.3 Å². The topological polar surface area (TPSA) is 32.3 Å². The average Bonchev–Trinajstić information content (AvgIpc) is 2.15. The van der Waals surface area contributed by atoms with Crippen LogP contribution in [0, 0.1) is 0 Å². The largest absolute Gasteiger partial charge is 0.395 e. The second kappa shape index (κ2) is 5.01. The fourth-order valence-electron chi connectivity index (χ4n) is 0.965. The van der Waals surface area contributed by atoms with Gasteiger partial charge in [-0.15, -0.1) is 11.6 Å². The molecule has 12 heavy (non-hydrogen) atoms. The maximum atomic E-state index is 8.57. The lowest BCUT2D eigenvalue weighted by molar-refractivity contribution is 0.311. The summed E-state index contributed by atoms with van der Waals surface area (Å²) < 4.78 is 0. The zero-order valence-corrected chi connectivity index (χ0v) is 7.51. The highest BCUT2D eigenvalue weighted by Crippen LogP contribution is 2.11. The molecule has 66 valence electrons. The van der Waals surface area contributed by atoms with Crippen molar-refractivity contribution in [3.8, 4) is 0 Å². The van der Waals surface area contributed by atoms with Crippen molar-refractivity contribution in [1.82, 2.24) is 0 Å². The Balaban J connectivity index is 2.60. The van der Waals surface area contributed by atoms with E-state index in [4.69, 9.17) is 16.7 Å². The van der Waals surface area contributed by atoms with Gasteiger partial charge in [0.1, 0.15) is 0 Å². The van der Waals surface area contributed by atoms with Gasteiger partial charge in [0.25, 0.3) is 0 Å². The first-order valence-electron chi connectivity index (χ1n) is 3.86. The van der Waals surface area contributed by atoms with Gasteiger partial charge >= 0.3 is 0 Å². The number of halogens is 1. The Morgan fingerprint density at radius 3 is 2.92 bits per heavy atom. The van der Waals surface area contributed by atoms with E-state index in [-0.39, 0.29) is 6.61 Å². The standard InChI is InChI=1S/C9H12ClNO/c10-7-8-2-1-3-9(6-8)11-4-5-12/h1-3,6,11-12H,4-5,7H2. The second-order valence-corrected chi connectivity index (χ2v) is 2.75. The molecule has 0 aromatic heterocycles. The van der Waals surface area contributed by atoms with Crippen LogP contribution in [0.2, 0.25) is 0 Å². The lowest BCUT2D eigenvalue weighted by Gasteiger charge is -2.04. The van der Waals surface area contributed by atoms with E-state index in [1.54, 1.807) is 0 Å². The highest BCUT2D eigenvalue weighted by molar-refractivity contribution is 6.17. The SMILES string of the molecule is OCCNc1cccc(CCl)c1. The van der Waals surface area contributed by atoms with Crippen molar-refractivity contribution in [3.05, 3.63) is 29.8 Å². The van der Waals surface area contributed by atoms with Gasteiger partial charge in [0.15, 0.2) is 0 Å². The number of nitrogens with one attached hydrogen (secondary N) is 1. The quantitative estimate of drug-likeness (QED) is 0.702. The van der Waals surface area contributed by atoms with E-state index in [1.165, 1.54) is 0 Å². The number of hydrogen-bond acceptors (Lipinski definition) is 2. The number of aliphatic hydroxyl groups excluding tert-OH is 1. The Labute approximate surface area is 77.2 Å². The first-order valence-corrected chi connectivity index (χ1v) is 4.40. The lowest BCUT2D eigenvalue weighted by atomic mass is 10.2. The van der Waals surface area contributed by atoms with Crippen LogP contribution in [0.3, 0.4) is 0 Å². The van der Waals surface area contributed by atoms with Gasteiger partial charge in [0.2, 0.25) is 0 Å². The average molecular weight is 186 g/mol. The van der Waals surface area contributed by atoms with Gasteiger partial charge in [-0.1, -0.05) is 12.1 Å². The summed E-state index contributed by atoms with van der Waals surface area (Å²) in [5, 5.41) is 11.6. The molecule has 1 rings (SSSR count). The molecule has 0 spiro atoms. The number of anilines is 1. The molecule has 0 unspecified atom stereocenters. The number of aliphatic hydroxyl groups is 1. The van der Waals surface area contributed by atoms with Crippen LogP contribution < -0.4 is 5.32 Å². The third-order valence-electron chi connectivity index (χ3n) is 1.52. The molecule has 2 N–H and O–H groups in total. The first kappa shape index (κ1) is 9.36. The summed E-state index contributed by atoms with van der Waals surface area (Å²) in [6, 6.07) is 7.84. The molecular formula is C9H12ClNO. The van der Waals surface area contributed by atoms with Gasteiger partial charge in [-0.05, 0) is 17.7 Å². The van der Waals surface area contributed by atoms with Crippen molar-refractivity contribution < 1.29 is 5.11 Å². The van der Waals surface area contributed by atoms with Gasteiger partial charge in [-0.2, -0.15) is 0 Å². The normalized spacial score (nSPS) is 9.83. The van der Waals surface area contributed by atoms with Crippen molar-refractivity contribution in [2.45, 2.75) is 5.88 Å². The maximum absolute atomic E-state index is 8.57. The summed E-state index contributed by atoms with van der Waals surface area (Å²) in [6.45, 7) is 0.719. The molecule has 1 aromatic carbocycles. The van der Waals surface area contributed by atoms with Crippen molar-refractivity contribution >= 4 is 17.3 Å². The second-order valence-electron chi connectivity index (χ2n) is 2.48. The summed E-state index contributed by atoms with van der Waals surface area (Å²) in [5.74, 6) is 0.522. The molecule has 0 fully saturated rings. The van der Waals surface area contributed by atoms with E-state index in [1.807, 2.05) is 24.3 Å². The van der Waals surface area contributed by atoms with Crippen LogP contribution >= 0.6 is 11.6 Å². The summed E-state index contributed by atoms with van der Waals surface area (Å²) in [7, 11) is 0. The number of hydrogen-bond donors (Lipinski definition) is 2. The van der Waals surface area contributed by atoms with Crippen molar-refractivity contribution in [1.29, 1.82) is 0 Å². The van der Waals surface area contributed by atoms with E-state index in [9.17, 15) is 0 Å². The molecule has 0 aliphatic rings. The van der Waals surface area contributed by atoms with Crippen LogP contribution in [0.1, 0.15) is 5.56 Å². The van der Waals surface area contributed by atoms with Crippen molar-refractivity contribution in [2.24, 2.45) is 0 Å². The van der Waals surface area contributed by atoms with E-state index < -0.39 is 0 Å². The Morgan fingerprint density at radius 1 is 1.42 bits per heavy atom. The summed E-state index contributed by atoms with van der Waals surface area (Å²) in [5.41, 5.74) is 2.09. The minimum absolute atomic E-state index is 0.144. The van der Waals surface area contributed by atoms with E-state index in [0.29, 0.717) is 12.4 Å². The van der Waals surface area contributed by atoms with Gasteiger partial charge in [0.05, 0.1) is 6.61 Å². The van der Waals surface area contributed by atoms with Gasteiger partial charge < -0.3 is 10.4 Å². The summed E-state index contributed by atoms with van der Waals surface area (Å²) in [6.07, 6.45) is 0. The zero-order chi connectivity index (χ0) is 8.81. The molecule has 0 atom stereocenters. The van der Waals surface area contributed by atoms with Gasteiger partial charge in [0, 0.05) is 18.1 Å². The monoisotopic (exact) mass is 185 g/mol. The molecule has 0 radical (unpaired) electrons. The van der Waals surface area contributed by atoms with Crippen molar-refractivity contribution in [3.63, 3.8) is 0 Å². The van der Waals surface area contributed by atoms with Crippen LogP contribution in [0.15, 0.2) is 24.3 Å². The molecule has 2 nitrogen and oxygen atoms in total. The van der Waals surface area contributed by atoms with Crippen molar-refractivity contribution in [2.75, 3.05) is 18.5 Å². The predicted octanol–water partition coefficient (Wildman–Crippen LogP) is 1.83. The Bertz CT molecular complexity index is 240. The minimum Gasteiger partial charge on any atom is -0.395 e. The Hall–Kier alpha value is -0.730. The fraction of sp³-hybridized carbons (Fsp3) is 0.333. The summed E-state index contributed by atoms with van der Waals surface area (Å²) in [4.78, 5) is 0. The third kappa shape index (κ3) is 2.72. The molecular weight excluding hydrogens is 174 g/mol. The molecule has 0 amide bonds. The van der Waals surface area contributed by atoms with Gasteiger partial charge in [-0.25, -0.2) is 0 Å². The summed E-state index contributed by atoms with van der Waals surface area (Å²) >= 11 is 5.66. The lowest BCUT2D eigenvalue weighted by Crippen LogP contribution is -2.05. The maximum Gasteiger partial charge on any atom is 0.0604 e. The number of benzene rings is 1. The predicted molar refractivity (Wildman–Crippen MR) is 51.6 cm³/mol. The molecule has 0 aliphatic carbocycles. The first-order chi connectivity index (χ1) is 5.86. The highest BCUT2D eigenvalue weighted by atomic mass is 35.5. The van der Waals surface area contributed by atoms with Crippen LogP contribution in [0.4, 0.5) is 5.69 Å². The number of rotatable bonds is 4. The third-order valence-corrected chi connectivity index (χ3v) is 1.83. The Kier molecular flexibility index (Phi) is 3.91. The smallest absolute Gasteiger partial charge is 0.0604 e.